The number of rotatable bonds is 7. The summed E-state index contributed by atoms with van der Waals surface area (Å²) in [6.07, 6.45) is 2.55. The van der Waals surface area contributed by atoms with Crippen LogP contribution in [0.15, 0.2) is 48.7 Å². The summed E-state index contributed by atoms with van der Waals surface area (Å²) < 4.78 is 10.5. The fourth-order valence-corrected chi connectivity index (χ4v) is 2.89. The van der Waals surface area contributed by atoms with Crippen molar-refractivity contribution in [1.82, 2.24) is 4.98 Å². The van der Waals surface area contributed by atoms with Gasteiger partial charge >= 0.3 is 5.97 Å². The number of ketones is 1. The van der Waals surface area contributed by atoms with Crippen LogP contribution >= 0.6 is 0 Å². The summed E-state index contributed by atoms with van der Waals surface area (Å²) in [5.41, 5.74) is 3.02. The van der Waals surface area contributed by atoms with E-state index in [4.69, 9.17) is 9.47 Å². The summed E-state index contributed by atoms with van der Waals surface area (Å²) in [6.45, 7) is 4.22. The molecule has 0 bridgehead atoms. The number of H-pyrrole nitrogens is 1. The number of fused-ring (bicyclic) bond motifs is 1. The molecule has 0 radical (unpaired) electrons. The molecule has 3 aromatic rings. The molecule has 5 heteroatoms. The van der Waals surface area contributed by atoms with Crippen LogP contribution < -0.4 is 4.74 Å². The van der Waals surface area contributed by atoms with Crippen LogP contribution in [-0.2, 0) is 11.2 Å². The molecule has 0 aliphatic carbocycles. The van der Waals surface area contributed by atoms with E-state index in [0.29, 0.717) is 23.5 Å². The van der Waals surface area contributed by atoms with E-state index in [1.807, 2.05) is 25.1 Å². The molecule has 0 atom stereocenters. The van der Waals surface area contributed by atoms with Gasteiger partial charge in [-0.25, -0.2) is 4.79 Å². The highest BCUT2D eigenvalue weighted by molar-refractivity contribution is 6.09. The minimum absolute atomic E-state index is 0.233. The SMILES string of the molecule is CCOc1ccc(C(=O)OCC(=O)c2c[nH]c3c(CC)cccc23)cc1. The standard InChI is InChI=1S/C21H21NO4/c1-3-14-6-5-7-17-18(12-22-20(14)17)19(23)13-26-21(24)15-8-10-16(11-9-15)25-4-2/h5-12,22H,3-4,13H2,1-2H3. The molecular formula is C21H21NO4. The summed E-state index contributed by atoms with van der Waals surface area (Å²) in [6, 6.07) is 12.5. The molecule has 26 heavy (non-hydrogen) atoms. The number of Topliss-reactive ketones (excluding diaryl/α,β-unsaturated/α-hetero) is 1. The molecule has 0 saturated heterocycles. The lowest BCUT2D eigenvalue weighted by atomic mass is 10.1. The Hall–Kier alpha value is -3.08. The number of carbonyl (C=O) groups excluding carboxylic acids is 2. The third kappa shape index (κ3) is 3.61. The average molecular weight is 351 g/mol. The van der Waals surface area contributed by atoms with E-state index in [2.05, 4.69) is 11.9 Å². The summed E-state index contributed by atoms with van der Waals surface area (Å²) in [4.78, 5) is 27.8. The molecule has 1 N–H and O–H groups in total. The number of carbonyl (C=O) groups is 2. The number of hydrogen-bond acceptors (Lipinski definition) is 4. The number of ether oxygens (including phenoxy) is 2. The number of nitrogens with one attached hydrogen (secondary N) is 1. The van der Waals surface area contributed by atoms with Crippen molar-refractivity contribution < 1.29 is 19.1 Å². The molecule has 0 spiro atoms. The largest absolute Gasteiger partial charge is 0.494 e. The molecule has 0 saturated carbocycles. The minimum Gasteiger partial charge on any atom is -0.494 e. The first-order valence-corrected chi connectivity index (χ1v) is 8.66. The van der Waals surface area contributed by atoms with E-state index >= 15 is 0 Å². The minimum atomic E-state index is -0.532. The van der Waals surface area contributed by atoms with Crippen molar-refractivity contribution in [3.05, 3.63) is 65.4 Å². The maximum atomic E-state index is 12.5. The third-order valence-electron chi connectivity index (χ3n) is 4.22. The summed E-state index contributed by atoms with van der Waals surface area (Å²) in [7, 11) is 0. The molecule has 134 valence electrons. The van der Waals surface area contributed by atoms with Crippen LogP contribution in [0.3, 0.4) is 0 Å². The van der Waals surface area contributed by atoms with E-state index in [1.165, 1.54) is 0 Å². The van der Waals surface area contributed by atoms with Gasteiger partial charge in [0.05, 0.1) is 12.2 Å². The number of esters is 1. The predicted octanol–water partition coefficient (Wildman–Crippen LogP) is 4.17. The maximum Gasteiger partial charge on any atom is 0.338 e. The van der Waals surface area contributed by atoms with Crippen LogP contribution in [0, 0.1) is 0 Å². The molecule has 0 fully saturated rings. The summed E-state index contributed by atoms with van der Waals surface area (Å²) >= 11 is 0. The van der Waals surface area contributed by atoms with Crippen LogP contribution in [-0.4, -0.2) is 30.0 Å². The van der Waals surface area contributed by atoms with Crippen LogP contribution in [0.4, 0.5) is 0 Å². The Labute approximate surface area is 151 Å². The topological polar surface area (TPSA) is 68.4 Å². The normalized spacial score (nSPS) is 10.7. The predicted molar refractivity (Wildman–Crippen MR) is 99.9 cm³/mol. The quantitative estimate of drug-likeness (QED) is 0.512. The van der Waals surface area contributed by atoms with Crippen molar-refractivity contribution in [3.63, 3.8) is 0 Å². The Morgan fingerprint density at radius 3 is 2.50 bits per heavy atom. The zero-order chi connectivity index (χ0) is 18.5. The highest BCUT2D eigenvalue weighted by Gasteiger charge is 2.16. The number of benzene rings is 2. The van der Waals surface area contributed by atoms with Crippen molar-refractivity contribution in [2.75, 3.05) is 13.2 Å². The number of aryl methyl sites for hydroxylation is 1. The molecule has 5 nitrogen and oxygen atoms in total. The van der Waals surface area contributed by atoms with Gasteiger partial charge in [-0.3, -0.25) is 4.79 Å². The molecule has 0 aliphatic rings. The van der Waals surface area contributed by atoms with Crippen LogP contribution in [0.25, 0.3) is 10.9 Å². The Morgan fingerprint density at radius 2 is 1.81 bits per heavy atom. The van der Waals surface area contributed by atoms with Crippen LogP contribution in [0.2, 0.25) is 0 Å². The zero-order valence-electron chi connectivity index (χ0n) is 14.9. The van der Waals surface area contributed by atoms with Gasteiger partial charge in [0.15, 0.2) is 6.61 Å². The Morgan fingerprint density at radius 1 is 1.04 bits per heavy atom. The smallest absolute Gasteiger partial charge is 0.338 e. The first-order chi connectivity index (χ1) is 12.6. The monoisotopic (exact) mass is 351 g/mol. The molecule has 1 heterocycles. The lowest BCUT2D eigenvalue weighted by Gasteiger charge is -2.06. The molecular weight excluding hydrogens is 330 g/mol. The van der Waals surface area contributed by atoms with Gasteiger partial charge in [0.1, 0.15) is 5.75 Å². The van der Waals surface area contributed by atoms with Crippen molar-refractivity contribution in [1.29, 1.82) is 0 Å². The maximum absolute atomic E-state index is 12.5. The van der Waals surface area contributed by atoms with Gasteiger partial charge < -0.3 is 14.5 Å². The lowest BCUT2D eigenvalue weighted by Crippen LogP contribution is -2.14. The van der Waals surface area contributed by atoms with E-state index in [9.17, 15) is 9.59 Å². The van der Waals surface area contributed by atoms with Gasteiger partial charge in [-0.15, -0.1) is 0 Å². The van der Waals surface area contributed by atoms with Gasteiger partial charge in [-0.05, 0) is 43.2 Å². The molecule has 1 aromatic heterocycles. The number of para-hydroxylation sites is 1. The molecule has 0 amide bonds. The highest BCUT2D eigenvalue weighted by atomic mass is 16.5. The fraction of sp³-hybridized carbons (Fsp3) is 0.238. The summed E-state index contributed by atoms with van der Waals surface area (Å²) in [5, 5.41) is 0.853. The van der Waals surface area contributed by atoms with E-state index in [-0.39, 0.29) is 12.4 Å². The van der Waals surface area contributed by atoms with Crippen LogP contribution in [0.5, 0.6) is 5.75 Å². The number of aromatic amines is 1. The van der Waals surface area contributed by atoms with Crippen molar-refractivity contribution in [2.45, 2.75) is 20.3 Å². The van der Waals surface area contributed by atoms with Crippen molar-refractivity contribution in [2.24, 2.45) is 0 Å². The van der Waals surface area contributed by atoms with Crippen molar-refractivity contribution >= 4 is 22.7 Å². The second-order valence-electron chi connectivity index (χ2n) is 5.85. The first kappa shape index (κ1) is 17.7. The second kappa shape index (κ2) is 7.87. The summed E-state index contributed by atoms with van der Waals surface area (Å²) in [5.74, 6) is -0.0788. The zero-order valence-corrected chi connectivity index (χ0v) is 14.9. The molecule has 0 unspecified atom stereocenters. The van der Waals surface area contributed by atoms with Crippen molar-refractivity contribution in [3.8, 4) is 5.75 Å². The highest BCUT2D eigenvalue weighted by Crippen LogP contribution is 2.23. The van der Waals surface area contributed by atoms with E-state index in [0.717, 1.165) is 22.9 Å². The fourth-order valence-electron chi connectivity index (χ4n) is 2.89. The Kier molecular flexibility index (Phi) is 5.37. The number of hydrogen-bond donors (Lipinski definition) is 1. The first-order valence-electron chi connectivity index (χ1n) is 8.66. The lowest BCUT2D eigenvalue weighted by molar-refractivity contribution is 0.0475. The molecule has 0 aliphatic heterocycles. The van der Waals surface area contributed by atoms with E-state index < -0.39 is 5.97 Å². The van der Waals surface area contributed by atoms with Gasteiger partial charge in [0.25, 0.3) is 0 Å². The molecule has 2 aromatic carbocycles. The van der Waals surface area contributed by atoms with Gasteiger partial charge in [0.2, 0.25) is 5.78 Å². The van der Waals surface area contributed by atoms with Gasteiger partial charge in [-0.2, -0.15) is 0 Å². The third-order valence-corrected chi connectivity index (χ3v) is 4.22. The Balaban J connectivity index is 1.68. The second-order valence-corrected chi connectivity index (χ2v) is 5.85. The van der Waals surface area contributed by atoms with Gasteiger partial charge in [0, 0.05) is 22.7 Å². The Bertz CT molecular complexity index is 925. The number of aromatic nitrogens is 1. The van der Waals surface area contributed by atoms with Gasteiger partial charge in [-0.1, -0.05) is 25.1 Å². The van der Waals surface area contributed by atoms with Crippen LogP contribution in [0.1, 0.15) is 40.1 Å². The molecule has 3 rings (SSSR count). The van der Waals surface area contributed by atoms with E-state index in [1.54, 1.807) is 30.5 Å². The average Bonchev–Trinajstić information content (AvgIpc) is 3.11.